The predicted molar refractivity (Wildman–Crippen MR) is 91.8 cm³/mol. The second kappa shape index (κ2) is 7.11. The zero-order chi connectivity index (χ0) is 17.2. The maximum absolute atomic E-state index is 11.6. The molecule has 2 fully saturated rings. The molecule has 1 aromatic rings. The minimum absolute atomic E-state index is 0.0549. The van der Waals surface area contributed by atoms with Crippen LogP contribution in [0.15, 0.2) is 24.3 Å². The molecule has 0 radical (unpaired) electrons. The third-order valence-corrected chi connectivity index (χ3v) is 5.74. The molecule has 1 unspecified atom stereocenters. The lowest BCUT2D eigenvalue weighted by molar-refractivity contribution is -0.937. The van der Waals surface area contributed by atoms with Crippen LogP contribution in [0.1, 0.15) is 50.6 Å². The van der Waals surface area contributed by atoms with Gasteiger partial charge in [0.25, 0.3) is 5.91 Å². The third kappa shape index (κ3) is 3.28. The number of nitrogens with one attached hydrogen (secondary N) is 1. The number of rotatable bonds is 5. The number of nitrogens with two attached hydrogens (primary N) is 1. The molecule has 1 saturated heterocycles. The highest BCUT2D eigenvalue weighted by Crippen LogP contribution is 2.45. The van der Waals surface area contributed by atoms with Crippen LogP contribution < -0.4 is 15.4 Å². The number of carbonyl (C=O) groups excluding carboxylic acids is 1. The van der Waals surface area contributed by atoms with E-state index in [-0.39, 0.29) is 17.9 Å². The first-order chi connectivity index (χ1) is 11.5. The lowest BCUT2D eigenvalue weighted by Crippen LogP contribution is -3.16. The quantitative estimate of drug-likeness (QED) is 0.747. The van der Waals surface area contributed by atoms with Gasteiger partial charge in [0, 0.05) is 12.3 Å². The van der Waals surface area contributed by atoms with Crippen molar-refractivity contribution in [2.24, 2.45) is 11.7 Å². The number of para-hydroxylation sites is 1. The van der Waals surface area contributed by atoms with E-state index in [1.807, 2.05) is 25.1 Å². The van der Waals surface area contributed by atoms with Gasteiger partial charge in [0.2, 0.25) is 0 Å². The molecule has 4 atom stereocenters. The SMILES string of the molecule is CCOc1ccccc1[C@H]1[C@H]2CCCC[C@@]2(O)CC[NH+]1CC(N)=O. The zero-order valence-electron chi connectivity index (χ0n) is 14.5. The molecular formula is C19H29N2O3+. The fourth-order valence-corrected chi connectivity index (χ4v) is 4.74. The van der Waals surface area contributed by atoms with Crippen molar-refractivity contribution in [1.82, 2.24) is 0 Å². The molecule has 3 rings (SSSR count). The van der Waals surface area contributed by atoms with Crippen LogP contribution in [0.3, 0.4) is 0 Å². The highest BCUT2D eigenvalue weighted by molar-refractivity contribution is 5.74. The lowest BCUT2D eigenvalue weighted by Gasteiger charge is -2.50. The van der Waals surface area contributed by atoms with Gasteiger partial charge in [0.15, 0.2) is 6.54 Å². The highest BCUT2D eigenvalue weighted by atomic mass is 16.5. The smallest absolute Gasteiger partial charge is 0.272 e. The van der Waals surface area contributed by atoms with E-state index < -0.39 is 5.60 Å². The summed E-state index contributed by atoms with van der Waals surface area (Å²) in [5.41, 5.74) is 5.98. The van der Waals surface area contributed by atoms with Gasteiger partial charge in [-0.15, -0.1) is 0 Å². The van der Waals surface area contributed by atoms with E-state index in [0.717, 1.165) is 54.9 Å². The van der Waals surface area contributed by atoms with Crippen molar-refractivity contribution in [2.75, 3.05) is 19.7 Å². The largest absolute Gasteiger partial charge is 0.493 e. The minimum atomic E-state index is -0.622. The molecular weight excluding hydrogens is 304 g/mol. The number of carbonyl (C=O) groups is 1. The van der Waals surface area contributed by atoms with Crippen LogP contribution in [0.2, 0.25) is 0 Å². The standard InChI is InChI=1S/C19H28N2O3/c1-2-24-16-9-4-3-7-14(16)18-15-8-5-6-10-19(15,23)11-12-21(18)13-17(20)22/h3-4,7,9,15,18,23H,2,5-6,8,10-13H2,1H3,(H2,20,22)/p+1/t15-,18+,19-/m1/s1. The first kappa shape index (κ1) is 17.2. The van der Waals surface area contributed by atoms with Crippen molar-refractivity contribution in [3.63, 3.8) is 0 Å². The van der Waals surface area contributed by atoms with Crippen molar-refractivity contribution in [3.8, 4) is 5.75 Å². The second-order valence-electron chi connectivity index (χ2n) is 7.21. The average molecular weight is 333 g/mol. The van der Waals surface area contributed by atoms with E-state index in [9.17, 15) is 9.90 Å². The maximum Gasteiger partial charge on any atom is 0.272 e. The van der Waals surface area contributed by atoms with Crippen molar-refractivity contribution in [1.29, 1.82) is 0 Å². The number of aliphatic hydroxyl groups is 1. The van der Waals surface area contributed by atoms with Gasteiger partial charge >= 0.3 is 0 Å². The van der Waals surface area contributed by atoms with Crippen LogP contribution >= 0.6 is 0 Å². The molecule has 0 bridgehead atoms. The number of fused-ring (bicyclic) bond motifs is 1. The Kier molecular flexibility index (Phi) is 5.11. The normalized spacial score (nSPS) is 32.8. The number of primary amides is 1. The fourth-order valence-electron chi connectivity index (χ4n) is 4.74. The number of ether oxygens (including phenoxy) is 1. The van der Waals surface area contributed by atoms with Crippen molar-refractivity contribution >= 4 is 5.91 Å². The van der Waals surface area contributed by atoms with E-state index in [1.54, 1.807) is 0 Å². The summed E-state index contributed by atoms with van der Waals surface area (Å²) in [6, 6.07) is 8.10. The van der Waals surface area contributed by atoms with Crippen molar-refractivity contribution in [3.05, 3.63) is 29.8 Å². The molecule has 1 heterocycles. The number of piperidine rings is 1. The fraction of sp³-hybridized carbons (Fsp3) is 0.632. The summed E-state index contributed by atoms with van der Waals surface area (Å²) in [5.74, 6) is 0.725. The summed E-state index contributed by atoms with van der Waals surface area (Å²) in [6.07, 6.45) is 4.80. The molecule has 1 saturated carbocycles. The molecule has 5 heteroatoms. The number of hydrogen-bond donors (Lipinski definition) is 3. The Bertz CT molecular complexity index is 592. The number of quaternary nitrogens is 1. The Morgan fingerprint density at radius 1 is 1.38 bits per heavy atom. The maximum atomic E-state index is 11.6. The zero-order valence-corrected chi connectivity index (χ0v) is 14.5. The Hall–Kier alpha value is -1.59. The molecule has 0 spiro atoms. The van der Waals surface area contributed by atoms with Crippen LogP contribution in [0, 0.1) is 5.92 Å². The van der Waals surface area contributed by atoms with Gasteiger partial charge in [-0.2, -0.15) is 0 Å². The molecule has 4 N–H and O–H groups in total. The van der Waals surface area contributed by atoms with Gasteiger partial charge in [-0.1, -0.05) is 25.0 Å². The minimum Gasteiger partial charge on any atom is -0.493 e. The molecule has 0 aromatic heterocycles. The van der Waals surface area contributed by atoms with Crippen molar-refractivity contribution in [2.45, 2.75) is 50.7 Å². The number of hydrogen-bond acceptors (Lipinski definition) is 3. The molecule has 1 aliphatic carbocycles. The van der Waals surface area contributed by atoms with Crippen LogP contribution in [0.5, 0.6) is 5.75 Å². The Morgan fingerprint density at radius 2 is 2.17 bits per heavy atom. The Balaban J connectivity index is 2.01. The van der Waals surface area contributed by atoms with E-state index in [1.165, 1.54) is 0 Å². The van der Waals surface area contributed by atoms with Crippen LogP contribution in [0.4, 0.5) is 0 Å². The molecule has 1 amide bonds. The lowest BCUT2D eigenvalue weighted by atomic mass is 9.66. The second-order valence-corrected chi connectivity index (χ2v) is 7.21. The van der Waals surface area contributed by atoms with Gasteiger partial charge in [0.05, 0.1) is 24.3 Å². The number of benzene rings is 1. The molecule has 132 valence electrons. The Labute approximate surface area is 143 Å². The third-order valence-electron chi connectivity index (χ3n) is 5.74. The summed E-state index contributed by atoms with van der Waals surface area (Å²) >= 11 is 0. The number of likely N-dealkylation sites (tertiary alicyclic amines) is 1. The summed E-state index contributed by atoms with van der Waals surface area (Å²) < 4.78 is 5.85. The topological polar surface area (TPSA) is 77.0 Å². The summed E-state index contributed by atoms with van der Waals surface area (Å²) in [4.78, 5) is 12.8. The highest BCUT2D eigenvalue weighted by Gasteiger charge is 2.52. The number of amides is 1. The van der Waals surface area contributed by atoms with Gasteiger partial charge in [-0.05, 0) is 31.9 Å². The first-order valence-corrected chi connectivity index (χ1v) is 9.12. The van der Waals surface area contributed by atoms with E-state index >= 15 is 0 Å². The van der Waals surface area contributed by atoms with Gasteiger partial charge < -0.3 is 20.5 Å². The van der Waals surface area contributed by atoms with Crippen molar-refractivity contribution < 1.29 is 19.5 Å². The summed E-state index contributed by atoms with van der Waals surface area (Å²) in [6.45, 7) is 3.64. The monoisotopic (exact) mass is 333 g/mol. The first-order valence-electron chi connectivity index (χ1n) is 9.12. The summed E-state index contributed by atoms with van der Waals surface area (Å²) in [7, 11) is 0. The van der Waals surface area contributed by atoms with Gasteiger partial charge in [0.1, 0.15) is 11.8 Å². The molecule has 5 nitrogen and oxygen atoms in total. The molecule has 2 aliphatic rings. The van der Waals surface area contributed by atoms with Crippen LogP contribution in [0.25, 0.3) is 0 Å². The molecule has 24 heavy (non-hydrogen) atoms. The molecule has 1 aliphatic heterocycles. The average Bonchev–Trinajstić information content (AvgIpc) is 2.55. The van der Waals surface area contributed by atoms with Crippen LogP contribution in [-0.4, -0.2) is 36.3 Å². The van der Waals surface area contributed by atoms with E-state index in [2.05, 4.69) is 6.07 Å². The predicted octanol–water partition coefficient (Wildman–Crippen LogP) is 0.822. The van der Waals surface area contributed by atoms with E-state index in [4.69, 9.17) is 10.5 Å². The van der Waals surface area contributed by atoms with Gasteiger partial charge in [-0.25, -0.2) is 0 Å². The van der Waals surface area contributed by atoms with Gasteiger partial charge in [-0.3, -0.25) is 4.79 Å². The van der Waals surface area contributed by atoms with Crippen LogP contribution in [-0.2, 0) is 4.79 Å². The Morgan fingerprint density at radius 3 is 2.92 bits per heavy atom. The van der Waals surface area contributed by atoms with E-state index in [0.29, 0.717) is 13.2 Å². The molecule has 1 aromatic carbocycles. The summed E-state index contributed by atoms with van der Waals surface area (Å²) in [5, 5.41) is 11.2.